The molecule has 0 aromatic heterocycles. The lowest BCUT2D eigenvalue weighted by Crippen LogP contribution is -2.33. The fraction of sp³-hybridized carbons (Fsp3) is 0.235. The van der Waals surface area contributed by atoms with Gasteiger partial charge in [-0.3, -0.25) is 0 Å². The number of anilines is 1. The minimum absolute atomic E-state index is 0.106. The summed E-state index contributed by atoms with van der Waals surface area (Å²) in [5.74, 6) is -0.510. The number of hydrogen-bond acceptors (Lipinski definition) is 3. The van der Waals surface area contributed by atoms with Crippen molar-refractivity contribution in [1.29, 1.82) is 0 Å². The zero-order valence-corrected chi connectivity index (χ0v) is 14.5. The van der Waals surface area contributed by atoms with Crippen molar-refractivity contribution < 1.29 is 17.6 Å². The Labute approximate surface area is 141 Å². The van der Waals surface area contributed by atoms with Gasteiger partial charge in [-0.2, -0.15) is 0 Å². The molecule has 24 heavy (non-hydrogen) atoms. The molecule has 7 heteroatoms. The molecule has 0 heterocycles. The summed E-state index contributed by atoms with van der Waals surface area (Å²) in [7, 11) is -1.67. The smallest absolute Gasteiger partial charge is 0.321 e. The number of carbonyl (C=O) groups excluding carboxylic acids is 1. The van der Waals surface area contributed by atoms with Gasteiger partial charge in [0, 0.05) is 13.3 Å². The molecule has 0 bridgehead atoms. The van der Waals surface area contributed by atoms with Gasteiger partial charge in [0.1, 0.15) is 5.82 Å². The van der Waals surface area contributed by atoms with Gasteiger partial charge in [0.2, 0.25) is 0 Å². The van der Waals surface area contributed by atoms with E-state index < -0.39 is 21.7 Å². The molecule has 0 radical (unpaired) electrons. The molecular formula is C17H19FN2O3S. The highest BCUT2D eigenvalue weighted by Gasteiger charge is 2.19. The van der Waals surface area contributed by atoms with E-state index in [1.54, 1.807) is 38.2 Å². The Morgan fingerprint density at radius 1 is 1.12 bits per heavy atom. The van der Waals surface area contributed by atoms with Crippen LogP contribution in [0.25, 0.3) is 0 Å². The van der Waals surface area contributed by atoms with Crippen LogP contribution in [0.15, 0.2) is 53.4 Å². The molecule has 1 N–H and O–H groups in total. The van der Waals surface area contributed by atoms with Crippen LogP contribution in [-0.4, -0.2) is 32.7 Å². The first kappa shape index (κ1) is 17.9. The van der Waals surface area contributed by atoms with Gasteiger partial charge < -0.3 is 10.2 Å². The largest absolute Gasteiger partial charge is 0.322 e. The average molecular weight is 350 g/mol. The number of halogens is 1. The summed E-state index contributed by atoms with van der Waals surface area (Å²) >= 11 is 0. The molecule has 5 nitrogen and oxygen atoms in total. The van der Waals surface area contributed by atoms with Crippen molar-refractivity contribution in [2.75, 3.05) is 18.6 Å². The highest BCUT2D eigenvalue weighted by molar-refractivity contribution is 7.90. The molecule has 0 aliphatic rings. The van der Waals surface area contributed by atoms with Crippen LogP contribution in [-0.2, 0) is 9.84 Å². The molecule has 2 aromatic carbocycles. The lowest BCUT2D eigenvalue weighted by Gasteiger charge is -2.25. The first-order valence-corrected chi connectivity index (χ1v) is 9.17. The number of nitrogens with one attached hydrogen (secondary N) is 1. The highest BCUT2D eigenvalue weighted by Crippen LogP contribution is 2.22. The third-order valence-corrected chi connectivity index (χ3v) is 4.94. The van der Waals surface area contributed by atoms with Gasteiger partial charge in [0.25, 0.3) is 0 Å². The van der Waals surface area contributed by atoms with Crippen LogP contribution in [0.3, 0.4) is 0 Å². The zero-order chi connectivity index (χ0) is 17.9. The quantitative estimate of drug-likeness (QED) is 0.918. The van der Waals surface area contributed by atoms with Gasteiger partial charge in [-0.25, -0.2) is 17.6 Å². The van der Waals surface area contributed by atoms with E-state index in [-0.39, 0.29) is 16.6 Å². The van der Waals surface area contributed by atoms with Gasteiger partial charge in [0.05, 0.1) is 16.6 Å². The standard InChI is InChI=1S/C17H19FN2O3S/c1-12(13-8-10-14(11-9-13)24(3,22)23)20(2)17(21)19-16-7-5-4-6-15(16)18/h4-12H,1-3H3,(H,19,21). The Morgan fingerprint density at radius 3 is 2.25 bits per heavy atom. The Bertz CT molecular complexity index is 835. The molecule has 2 amide bonds. The molecule has 1 atom stereocenters. The Kier molecular flexibility index (Phi) is 5.23. The van der Waals surface area contributed by atoms with Crippen molar-refractivity contribution in [2.45, 2.75) is 17.9 Å². The molecule has 2 rings (SSSR count). The van der Waals surface area contributed by atoms with Crippen molar-refractivity contribution in [3.05, 3.63) is 59.9 Å². The topological polar surface area (TPSA) is 66.5 Å². The molecule has 1 unspecified atom stereocenters. The van der Waals surface area contributed by atoms with Gasteiger partial charge in [0.15, 0.2) is 9.84 Å². The van der Waals surface area contributed by atoms with Gasteiger partial charge in [-0.15, -0.1) is 0 Å². The SMILES string of the molecule is CC(c1ccc(S(C)(=O)=O)cc1)N(C)C(=O)Nc1ccccc1F. The third kappa shape index (κ3) is 4.11. The Hall–Kier alpha value is -2.41. The summed E-state index contributed by atoms with van der Waals surface area (Å²) in [6, 6.07) is 11.5. The number of carbonyl (C=O) groups is 1. The molecule has 0 saturated carbocycles. The molecule has 0 aliphatic heterocycles. The van der Waals surface area contributed by atoms with Crippen LogP contribution < -0.4 is 5.32 Å². The second kappa shape index (κ2) is 7.00. The monoisotopic (exact) mass is 350 g/mol. The van der Waals surface area contributed by atoms with Crippen LogP contribution in [0.5, 0.6) is 0 Å². The van der Waals surface area contributed by atoms with Crippen molar-refractivity contribution in [2.24, 2.45) is 0 Å². The van der Waals surface area contributed by atoms with Crippen molar-refractivity contribution in [3.8, 4) is 0 Å². The first-order chi connectivity index (χ1) is 11.2. The second-order valence-electron chi connectivity index (χ2n) is 5.54. The fourth-order valence-electron chi connectivity index (χ4n) is 2.16. The Morgan fingerprint density at radius 2 is 1.71 bits per heavy atom. The number of nitrogens with zero attached hydrogens (tertiary/aromatic N) is 1. The Balaban J connectivity index is 2.12. The summed E-state index contributed by atoms with van der Waals surface area (Å²) in [6.45, 7) is 1.80. The molecule has 0 aliphatic carbocycles. The van der Waals surface area contributed by atoms with E-state index in [0.717, 1.165) is 11.8 Å². The molecular weight excluding hydrogens is 331 g/mol. The average Bonchev–Trinajstić information content (AvgIpc) is 2.55. The number of para-hydroxylation sites is 1. The molecule has 0 spiro atoms. The lowest BCUT2D eigenvalue weighted by molar-refractivity contribution is 0.208. The van der Waals surface area contributed by atoms with Gasteiger partial charge in [-0.05, 0) is 36.8 Å². The normalized spacial score (nSPS) is 12.5. The van der Waals surface area contributed by atoms with E-state index in [0.29, 0.717) is 0 Å². The summed E-state index contributed by atoms with van der Waals surface area (Å²) < 4.78 is 36.6. The maximum absolute atomic E-state index is 13.6. The first-order valence-electron chi connectivity index (χ1n) is 7.28. The number of sulfone groups is 1. The van der Waals surface area contributed by atoms with Crippen molar-refractivity contribution in [1.82, 2.24) is 4.90 Å². The van der Waals surface area contributed by atoms with Gasteiger partial charge >= 0.3 is 6.03 Å². The minimum Gasteiger partial charge on any atom is -0.321 e. The fourth-order valence-corrected chi connectivity index (χ4v) is 2.79. The maximum atomic E-state index is 13.6. The van der Waals surface area contributed by atoms with E-state index in [1.165, 1.54) is 29.2 Å². The van der Waals surface area contributed by atoms with Crippen molar-refractivity contribution >= 4 is 21.6 Å². The highest BCUT2D eigenvalue weighted by atomic mass is 32.2. The lowest BCUT2D eigenvalue weighted by atomic mass is 10.1. The number of benzene rings is 2. The van der Waals surface area contributed by atoms with E-state index in [2.05, 4.69) is 5.32 Å². The van der Waals surface area contributed by atoms with Crippen LogP contribution in [0.4, 0.5) is 14.9 Å². The molecule has 0 fully saturated rings. The summed E-state index contributed by atoms with van der Waals surface area (Å²) in [6.07, 6.45) is 1.14. The molecule has 128 valence electrons. The van der Waals surface area contributed by atoms with E-state index in [1.807, 2.05) is 0 Å². The summed E-state index contributed by atoms with van der Waals surface area (Å²) in [4.78, 5) is 13.9. The summed E-state index contributed by atoms with van der Waals surface area (Å²) in [5, 5.41) is 2.51. The molecule has 2 aromatic rings. The van der Waals surface area contributed by atoms with Crippen LogP contribution in [0.1, 0.15) is 18.5 Å². The second-order valence-corrected chi connectivity index (χ2v) is 7.55. The third-order valence-electron chi connectivity index (χ3n) is 3.81. The van der Waals surface area contributed by atoms with Gasteiger partial charge in [-0.1, -0.05) is 24.3 Å². The summed E-state index contributed by atoms with van der Waals surface area (Å²) in [5.41, 5.74) is 0.877. The number of urea groups is 1. The van der Waals surface area contributed by atoms with Crippen LogP contribution in [0.2, 0.25) is 0 Å². The predicted molar refractivity (Wildman–Crippen MR) is 91.1 cm³/mol. The maximum Gasteiger partial charge on any atom is 0.322 e. The predicted octanol–water partition coefficient (Wildman–Crippen LogP) is 3.45. The minimum atomic E-state index is -3.26. The number of hydrogen-bond donors (Lipinski definition) is 1. The number of rotatable bonds is 4. The van der Waals surface area contributed by atoms with E-state index in [4.69, 9.17) is 0 Å². The van der Waals surface area contributed by atoms with E-state index in [9.17, 15) is 17.6 Å². The molecule has 0 saturated heterocycles. The van der Waals surface area contributed by atoms with Crippen molar-refractivity contribution in [3.63, 3.8) is 0 Å². The van der Waals surface area contributed by atoms with Crippen LogP contribution >= 0.6 is 0 Å². The number of amides is 2. The van der Waals surface area contributed by atoms with E-state index >= 15 is 0 Å². The van der Waals surface area contributed by atoms with Crippen LogP contribution in [0, 0.1) is 5.82 Å². The zero-order valence-electron chi connectivity index (χ0n) is 13.7.